The zero-order valence-corrected chi connectivity index (χ0v) is 10.7. The van der Waals surface area contributed by atoms with Gasteiger partial charge in [0.2, 0.25) is 5.88 Å². The van der Waals surface area contributed by atoms with Gasteiger partial charge in [-0.15, -0.1) is 13.2 Å². The SMILES string of the molecule is Cc1c(CC(=O)O)cc(OC(F)(F)F)nc1I. The summed E-state index contributed by atoms with van der Waals surface area (Å²) in [5, 5.41) is 8.62. The van der Waals surface area contributed by atoms with E-state index in [0.717, 1.165) is 6.07 Å². The quantitative estimate of drug-likeness (QED) is 0.664. The summed E-state index contributed by atoms with van der Waals surface area (Å²) in [6, 6.07) is 0.985. The van der Waals surface area contributed by atoms with Crippen LogP contribution in [0.4, 0.5) is 13.2 Å². The molecule has 0 aliphatic rings. The molecule has 17 heavy (non-hydrogen) atoms. The van der Waals surface area contributed by atoms with Crippen LogP contribution in [0.25, 0.3) is 0 Å². The maximum atomic E-state index is 12.0. The van der Waals surface area contributed by atoms with Crippen LogP contribution in [0.15, 0.2) is 6.07 Å². The molecule has 0 spiro atoms. The Morgan fingerprint density at radius 1 is 1.59 bits per heavy atom. The third-order valence-corrected chi connectivity index (χ3v) is 2.91. The zero-order valence-electron chi connectivity index (χ0n) is 8.51. The summed E-state index contributed by atoms with van der Waals surface area (Å²) >= 11 is 1.72. The molecule has 0 aliphatic heterocycles. The zero-order chi connectivity index (χ0) is 13.2. The molecule has 1 rings (SSSR count). The Morgan fingerprint density at radius 3 is 2.65 bits per heavy atom. The Kier molecular flexibility index (Phi) is 4.17. The minimum atomic E-state index is -4.84. The molecule has 4 nitrogen and oxygen atoms in total. The van der Waals surface area contributed by atoms with Crippen LogP contribution in [0.2, 0.25) is 0 Å². The first kappa shape index (κ1) is 14.0. The number of aliphatic carboxylic acids is 1. The van der Waals surface area contributed by atoms with Crippen LogP contribution in [0.5, 0.6) is 5.88 Å². The highest BCUT2D eigenvalue weighted by Gasteiger charge is 2.32. The maximum Gasteiger partial charge on any atom is 0.574 e. The van der Waals surface area contributed by atoms with E-state index in [1.807, 2.05) is 0 Å². The molecule has 1 aromatic rings. The van der Waals surface area contributed by atoms with Crippen molar-refractivity contribution in [2.75, 3.05) is 0 Å². The van der Waals surface area contributed by atoms with Crippen molar-refractivity contribution < 1.29 is 27.8 Å². The van der Waals surface area contributed by atoms with Gasteiger partial charge in [0.05, 0.1) is 6.42 Å². The Balaban J connectivity index is 3.10. The van der Waals surface area contributed by atoms with Crippen molar-refractivity contribution in [2.24, 2.45) is 0 Å². The van der Waals surface area contributed by atoms with Crippen molar-refractivity contribution in [1.82, 2.24) is 4.98 Å². The maximum absolute atomic E-state index is 12.0. The minimum Gasteiger partial charge on any atom is -0.481 e. The number of carbonyl (C=O) groups is 1. The molecule has 0 bridgehead atoms. The van der Waals surface area contributed by atoms with Crippen molar-refractivity contribution >= 4 is 28.6 Å². The van der Waals surface area contributed by atoms with E-state index in [0.29, 0.717) is 5.56 Å². The average molecular weight is 361 g/mol. The molecule has 0 saturated heterocycles. The van der Waals surface area contributed by atoms with Crippen LogP contribution in [0.3, 0.4) is 0 Å². The molecule has 0 aliphatic carbocycles. The van der Waals surface area contributed by atoms with Crippen molar-refractivity contribution in [1.29, 1.82) is 0 Å². The van der Waals surface area contributed by atoms with Crippen LogP contribution in [-0.4, -0.2) is 22.4 Å². The van der Waals surface area contributed by atoms with Gasteiger partial charge in [-0.2, -0.15) is 0 Å². The smallest absolute Gasteiger partial charge is 0.481 e. The lowest BCUT2D eigenvalue weighted by atomic mass is 10.1. The highest BCUT2D eigenvalue weighted by Crippen LogP contribution is 2.25. The Hall–Kier alpha value is -1.06. The number of aromatic nitrogens is 1. The van der Waals surface area contributed by atoms with E-state index in [9.17, 15) is 18.0 Å². The van der Waals surface area contributed by atoms with E-state index < -0.39 is 18.2 Å². The normalized spacial score (nSPS) is 11.4. The molecule has 8 heteroatoms. The highest BCUT2D eigenvalue weighted by atomic mass is 127. The number of halogens is 4. The molecule has 0 amide bonds. The van der Waals surface area contributed by atoms with Crippen LogP contribution in [-0.2, 0) is 11.2 Å². The second-order valence-corrected chi connectivity index (χ2v) is 4.18. The molecule has 0 fully saturated rings. The van der Waals surface area contributed by atoms with Gasteiger partial charge in [0.25, 0.3) is 0 Å². The van der Waals surface area contributed by atoms with E-state index in [1.165, 1.54) is 0 Å². The van der Waals surface area contributed by atoms with Gasteiger partial charge in [-0.25, -0.2) is 4.98 Å². The van der Waals surface area contributed by atoms with Crippen molar-refractivity contribution in [3.8, 4) is 5.88 Å². The molecule has 0 atom stereocenters. The second-order valence-electron chi connectivity index (χ2n) is 3.15. The topological polar surface area (TPSA) is 59.4 Å². The fourth-order valence-electron chi connectivity index (χ4n) is 1.12. The highest BCUT2D eigenvalue weighted by molar-refractivity contribution is 14.1. The standard InChI is InChI=1S/C9H7F3INO3/c1-4-5(3-7(15)16)2-6(14-8(4)13)17-9(10,11)12/h2H,3H2,1H3,(H,15,16). The number of carboxylic acid groups (broad SMARTS) is 1. The monoisotopic (exact) mass is 361 g/mol. The van der Waals surface area contributed by atoms with Crippen LogP contribution in [0, 0.1) is 10.6 Å². The van der Waals surface area contributed by atoms with Crippen molar-refractivity contribution in [3.05, 3.63) is 20.9 Å². The number of hydrogen-bond donors (Lipinski definition) is 1. The summed E-state index contributed by atoms with van der Waals surface area (Å²) in [6.07, 6.45) is -5.22. The van der Waals surface area contributed by atoms with Gasteiger partial charge in [0.15, 0.2) is 0 Å². The third kappa shape index (κ3) is 4.36. The van der Waals surface area contributed by atoms with Gasteiger partial charge in [0.1, 0.15) is 3.70 Å². The summed E-state index contributed by atoms with van der Waals surface area (Å²) in [5.74, 6) is -1.78. The Morgan fingerprint density at radius 2 is 2.18 bits per heavy atom. The first-order chi connectivity index (χ1) is 7.69. The lowest BCUT2D eigenvalue weighted by Gasteiger charge is -2.11. The lowest BCUT2D eigenvalue weighted by Crippen LogP contribution is -2.19. The van der Waals surface area contributed by atoms with E-state index in [1.54, 1.807) is 29.5 Å². The fourth-order valence-corrected chi connectivity index (χ4v) is 1.70. The van der Waals surface area contributed by atoms with Gasteiger partial charge in [-0.3, -0.25) is 4.79 Å². The van der Waals surface area contributed by atoms with Crippen molar-refractivity contribution in [2.45, 2.75) is 19.7 Å². The lowest BCUT2D eigenvalue weighted by molar-refractivity contribution is -0.276. The number of rotatable bonds is 3. The van der Waals surface area contributed by atoms with Gasteiger partial charge >= 0.3 is 12.3 Å². The minimum absolute atomic E-state index is 0.246. The largest absolute Gasteiger partial charge is 0.574 e. The van der Waals surface area contributed by atoms with Gasteiger partial charge < -0.3 is 9.84 Å². The van der Waals surface area contributed by atoms with Crippen molar-refractivity contribution in [3.63, 3.8) is 0 Å². The summed E-state index contributed by atoms with van der Waals surface area (Å²) in [4.78, 5) is 14.1. The molecule has 1 heterocycles. The van der Waals surface area contributed by atoms with Gasteiger partial charge in [-0.05, 0) is 40.6 Å². The van der Waals surface area contributed by atoms with E-state index in [2.05, 4.69) is 9.72 Å². The predicted octanol–water partition coefficient (Wildman–Crippen LogP) is 2.52. The van der Waals surface area contributed by atoms with E-state index >= 15 is 0 Å². The molecule has 0 saturated carbocycles. The Bertz CT molecular complexity index is 448. The first-order valence-corrected chi connectivity index (χ1v) is 5.40. The fraction of sp³-hybridized carbons (Fsp3) is 0.333. The van der Waals surface area contributed by atoms with Crippen LogP contribution >= 0.6 is 22.6 Å². The third-order valence-electron chi connectivity index (χ3n) is 1.86. The van der Waals surface area contributed by atoms with Gasteiger partial charge in [-0.1, -0.05) is 0 Å². The summed E-state index contributed by atoms with van der Waals surface area (Å²) in [6.45, 7) is 1.59. The number of alkyl halides is 3. The van der Waals surface area contributed by atoms with E-state index in [-0.39, 0.29) is 15.7 Å². The molecule has 1 aromatic heterocycles. The molecular formula is C9H7F3INO3. The molecule has 0 unspecified atom stereocenters. The van der Waals surface area contributed by atoms with Crippen LogP contribution in [0.1, 0.15) is 11.1 Å². The number of nitrogens with zero attached hydrogens (tertiary/aromatic N) is 1. The molecular weight excluding hydrogens is 354 g/mol. The van der Waals surface area contributed by atoms with Crippen LogP contribution < -0.4 is 4.74 Å². The first-order valence-electron chi connectivity index (χ1n) is 4.32. The average Bonchev–Trinajstić information content (AvgIpc) is 2.09. The van der Waals surface area contributed by atoms with E-state index in [4.69, 9.17) is 5.11 Å². The summed E-state index contributed by atoms with van der Waals surface area (Å²) < 4.78 is 39.9. The molecule has 1 N–H and O–H groups in total. The predicted molar refractivity (Wildman–Crippen MR) is 59.7 cm³/mol. The molecule has 0 aromatic carbocycles. The second kappa shape index (κ2) is 5.07. The number of pyridine rings is 1. The number of hydrogen-bond acceptors (Lipinski definition) is 3. The van der Waals surface area contributed by atoms with Gasteiger partial charge in [0, 0.05) is 6.07 Å². The Labute approximate surface area is 108 Å². The summed E-state index contributed by atoms with van der Waals surface area (Å²) in [7, 11) is 0. The number of carboxylic acids is 1. The summed E-state index contributed by atoms with van der Waals surface area (Å²) in [5.41, 5.74) is 0.777. The molecule has 0 radical (unpaired) electrons. The molecule has 94 valence electrons. The number of ether oxygens (including phenoxy) is 1.